The summed E-state index contributed by atoms with van der Waals surface area (Å²) in [7, 11) is 0. The molecule has 0 N–H and O–H groups in total. The van der Waals surface area contributed by atoms with Gasteiger partial charge in [-0.3, -0.25) is 4.79 Å². The van der Waals surface area contributed by atoms with Crippen LogP contribution >= 0.6 is 15.9 Å². The molecule has 28 heavy (non-hydrogen) atoms. The van der Waals surface area contributed by atoms with Crippen LogP contribution in [0.25, 0.3) is 10.9 Å². The van der Waals surface area contributed by atoms with Crippen LogP contribution in [0.2, 0.25) is 0 Å². The normalized spacial score (nSPS) is 14.6. The summed E-state index contributed by atoms with van der Waals surface area (Å²) in [6, 6.07) is 13.9. The lowest BCUT2D eigenvalue weighted by Crippen LogP contribution is -2.23. The van der Waals surface area contributed by atoms with E-state index in [1.165, 1.54) is 23.2 Å². The molecule has 6 heteroatoms. The van der Waals surface area contributed by atoms with Crippen LogP contribution in [0.5, 0.6) is 0 Å². The van der Waals surface area contributed by atoms with Gasteiger partial charge in [-0.2, -0.15) is 9.78 Å². The molecule has 1 aromatic heterocycles. The molecule has 0 atom stereocenters. The topological polar surface area (TPSA) is 50.5 Å². The summed E-state index contributed by atoms with van der Waals surface area (Å²) in [6.07, 6.45) is 4.25. The molecule has 0 spiro atoms. The van der Waals surface area contributed by atoms with E-state index in [2.05, 4.69) is 43.0 Å². The number of benzene rings is 2. The van der Waals surface area contributed by atoms with E-state index in [0.29, 0.717) is 16.7 Å². The van der Waals surface area contributed by atoms with Crippen LogP contribution in [0.1, 0.15) is 44.0 Å². The Morgan fingerprint density at radius 3 is 2.50 bits per heavy atom. The number of nitrogens with zero attached hydrogens (tertiary/aromatic N) is 4. The van der Waals surface area contributed by atoms with Crippen molar-refractivity contribution in [2.75, 3.05) is 18.0 Å². The molecular formula is C22H23BrN4O. The van der Waals surface area contributed by atoms with E-state index in [1.54, 1.807) is 12.3 Å². The van der Waals surface area contributed by atoms with Crippen LogP contribution in [-0.2, 0) is 0 Å². The highest BCUT2D eigenvalue weighted by Gasteiger charge is 2.14. The maximum atomic E-state index is 13.0. The summed E-state index contributed by atoms with van der Waals surface area (Å²) in [5.41, 5.74) is 2.74. The molecule has 2 aromatic carbocycles. The van der Waals surface area contributed by atoms with Crippen molar-refractivity contribution in [3.8, 4) is 0 Å². The maximum Gasteiger partial charge on any atom is 0.282 e. The van der Waals surface area contributed by atoms with Crippen LogP contribution < -0.4 is 10.5 Å². The van der Waals surface area contributed by atoms with Gasteiger partial charge >= 0.3 is 0 Å². The highest BCUT2D eigenvalue weighted by atomic mass is 79.9. The van der Waals surface area contributed by atoms with Gasteiger partial charge in [-0.25, -0.2) is 4.98 Å². The smallest absolute Gasteiger partial charge is 0.282 e. The Morgan fingerprint density at radius 1 is 1.11 bits per heavy atom. The van der Waals surface area contributed by atoms with Crippen molar-refractivity contribution in [2.45, 2.75) is 32.6 Å². The van der Waals surface area contributed by atoms with Crippen LogP contribution in [0.3, 0.4) is 0 Å². The molecule has 2 heterocycles. The van der Waals surface area contributed by atoms with Crippen LogP contribution in [0, 0.1) is 0 Å². The van der Waals surface area contributed by atoms with E-state index in [0.717, 1.165) is 23.1 Å². The minimum absolute atomic E-state index is 0.0791. The van der Waals surface area contributed by atoms with Crippen LogP contribution in [-0.4, -0.2) is 29.0 Å². The predicted octanol–water partition coefficient (Wildman–Crippen LogP) is 4.76. The summed E-state index contributed by atoms with van der Waals surface area (Å²) in [5.74, 6) is 0.736. The van der Waals surface area contributed by atoms with Gasteiger partial charge in [0.2, 0.25) is 0 Å². The van der Waals surface area contributed by atoms with E-state index in [4.69, 9.17) is 0 Å². The number of aromatic nitrogens is 2. The van der Waals surface area contributed by atoms with Crippen molar-refractivity contribution in [2.24, 2.45) is 5.10 Å². The number of hydrogen-bond donors (Lipinski definition) is 0. The van der Waals surface area contributed by atoms with Crippen molar-refractivity contribution < 1.29 is 0 Å². The number of fused-ring (bicyclic) bond motifs is 1. The average molecular weight is 439 g/mol. The molecular weight excluding hydrogens is 416 g/mol. The molecule has 5 nitrogen and oxygen atoms in total. The number of hydrogen-bond acceptors (Lipinski definition) is 4. The zero-order chi connectivity index (χ0) is 19.7. The van der Waals surface area contributed by atoms with Gasteiger partial charge in [0.25, 0.3) is 5.56 Å². The second-order valence-electron chi connectivity index (χ2n) is 7.43. The van der Waals surface area contributed by atoms with Gasteiger partial charge < -0.3 is 4.90 Å². The van der Waals surface area contributed by atoms with Gasteiger partial charge in [0, 0.05) is 29.2 Å². The molecule has 3 aromatic rings. The molecule has 0 amide bonds. The fourth-order valence-corrected chi connectivity index (χ4v) is 3.88. The third-order valence-corrected chi connectivity index (χ3v) is 5.53. The van der Waals surface area contributed by atoms with Gasteiger partial charge in [-0.05, 0) is 48.7 Å². The first-order valence-electron chi connectivity index (χ1n) is 9.64. The van der Waals surface area contributed by atoms with Crippen LogP contribution in [0.4, 0.5) is 5.69 Å². The molecule has 1 saturated heterocycles. The SMILES string of the molecule is CC(C)c1nc2ccc(Br)cc2c(=O)n1N=Cc1ccc(N2CCCC2)cc1. The highest BCUT2D eigenvalue weighted by molar-refractivity contribution is 9.10. The molecule has 0 bridgehead atoms. The van der Waals surface area contributed by atoms with Crippen molar-refractivity contribution in [1.82, 2.24) is 9.66 Å². The molecule has 1 aliphatic rings. The van der Waals surface area contributed by atoms with E-state index in [1.807, 2.05) is 38.1 Å². The second kappa shape index (κ2) is 7.87. The Balaban J connectivity index is 1.70. The van der Waals surface area contributed by atoms with Crippen molar-refractivity contribution >= 4 is 38.7 Å². The first kappa shape index (κ1) is 18.9. The van der Waals surface area contributed by atoms with Crippen molar-refractivity contribution in [1.29, 1.82) is 0 Å². The molecule has 4 rings (SSSR count). The summed E-state index contributed by atoms with van der Waals surface area (Å²) < 4.78 is 2.28. The van der Waals surface area contributed by atoms with Crippen molar-refractivity contribution in [3.63, 3.8) is 0 Å². The Morgan fingerprint density at radius 2 is 1.82 bits per heavy atom. The lowest BCUT2D eigenvalue weighted by atomic mass is 10.2. The lowest BCUT2D eigenvalue weighted by Gasteiger charge is -2.17. The fourth-order valence-electron chi connectivity index (χ4n) is 3.52. The van der Waals surface area contributed by atoms with Gasteiger partial charge in [0.1, 0.15) is 5.82 Å². The van der Waals surface area contributed by atoms with Crippen LogP contribution in [0.15, 0.2) is 56.8 Å². The second-order valence-corrected chi connectivity index (χ2v) is 8.35. The Bertz CT molecular complexity index is 1080. The van der Waals surface area contributed by atoms with E-state index >= 15 is 0 Å². The first-order chi connectivity index (χ1) is 13.5. The molecule has 0 radical (unpaired) electrons. The first-order valence-corrected chi connectivity index (χ1v) is 10.4. The van der Waals surface area contributed by atoms with E-state index in [9.17, 15) is 4.79 Å². The predicted molar refractivity (Wildman–Crippen MR) is 119 cm³/mol. The van der Waals surface area contributed by atoms with Crippen molar-refractivity contribution in [3.05, 3.63) is 68.7 Å². The summed E-state index contributed by atoms with van der Waals surface area (Å²) in [5, 5.41) is 5.05. The molecule has 1 fully saturated rings. The zero-order valence-electron chi connectivity index (χ0n) is 16.1. The fraction of sp³-hybridized carbons (Fsp3) is 0.318. The molecule has 0 aliphatic carbocycles. The molecule has 0 unspecified atom stereocenters. The Labute approximate surface area is 172 Å². The standard InChI is InChI=1S/C22H23BrN4O/c1-15(2)21-25-20-10-7-17(23)13-19(20)22(28)27(21)24-14-16-5-8-18(9-6-16)26-11-3-4-12-26/h5-10,13-15H,3-4,11-12H2,1-2H3. The average Bonchev–Trinajstić information content (AvgIpc) is 3.22. The molecule has 1 aliphatic heterocycles. The third-order valence-electron chi connectivity index (χ3n) is 5.04. The number of halogens is 1. The lowest BCUT2D eigenvalue weighted by molar-refractivity contribution is 0.665. The van der Waals surface area contributed by atoms with E-state index < -0.39 is 0 Å². The largest absolute Gasteiger partial charge is 0.372 e. The summed E-state index contributed by atoms with van der Waals surface area (Å²) >= 11 is 3.43. The Hall–Kier alpha value is -2.47. The monoisotopic (exact) mass is 438 g/mol. The zero-order valence-corrected chi connectivity index (χ0v) is 17.7. The van der Waals surface area contributed by atoms with Gasteiger partial charge in [0.05, 0.1) is 17.1 Å². The minimum atomic E-state index is -0.153. The summed E-state index contributed by atoms with van der Waals surface area (Å²) in [6.45, 7) is 6.28. The van der Waals surface area contributed by atoms with Gasteiger partial charge in [-0.15, -0.1) is 0 Å². The number of anilines is 1. The number of rotatable bonds is 4. The quantitative estimate of drug-likeness (QED) is 0.551. The Kier molecular flexibility index (Phi) is 5.31. The maximum absolute atomic E-state index is 13.0. The van der Waals surface area contributed by atoms with E-state index in [-0.39, 0.29) is 11.5 Å². The highest BCUT2D eigenvalue weighted by Crippen LogP contribution is 2.21. The molecule has 144 valence electrons. The minimum Gasteiger partial charge on any atom is -0.372 e. The third kappa shape index (κ3) is 3.74. The summed E-state index contributed by atoms with van der Waals surface area (Å²) in [4.78, 5) is 20.1. The van der Waals surface area contributed by atoms with Gasteiger partial charge in [0.15, 0.2) is 0 Å². The molecule has 0 saturated carbocycles. The van der Waals surface area contributed by atoms with Gasteiger partial charge in [-0.1, -0.05) is 41.9 Å².